The molecule has 9 heteroatoms. The molecule has 0 aliphatic heterocycles. The average Bonchev–Trinajstić information content (AvgIpc) is 2.90. The van der Waals surface area contributed by atoms with E-state index in [1.54, 1.807) is 31.2 Å². The van der Waals surface area contributed by atoms with E-state index in [-0.39, 0.29) is 16.9 Å². The predicted octanol–water partition coefficient (Wildman–Crippen LogP) is 2.21. The smallest absolute Gasteiger partial charge is 0.305 e. The number of ether oxygens (including phenoxy) is 1. The van der Waals surface area contributed by atoms with Gasteiger partial charge in [0.15, 0.2) is 5.65 Å². The van der Waals surface area contributed by atoms with Crippen molar-refractivity contribution in [3.63, 3.8) is 0 Å². The van der Waals surface area contributed by atoms with Crippen molar-refractivity contribution >= 4 is 22.9 Å². The minimum absolute atomic E-state index is 0.207. The number of methoxy groups -OCH3 is 1. The molecule has 1 N–H and O–H groups in total. The molecule has 24 heavy (non-hydrogen) atoms. The molecule has 0 saturated heterocycles. The molecule has 0 unspecified atom stereocenters. The molecule has 3 rings (SSSR count). The maximum absolute atomic E-state index is 12.6. The van der Waals surface area contributed by atoms with Gasteiger partial charge in [-0.1, -0.05) is 12.1 Å². The molecular weight excluding hydrogens is 314 g/mol. The zero-order chi connectivity index (χ0) is 17.3. The van der Waals surface area contributed by atoms with Crippen LogP contribution in [0.2, 0.25) is 0 Å². The lowest BCUT2D eigenvalue weighted by Crippen LogP contribution is -2.14. The van der Waals surface area contributed by atoms with Gasteiger partial charge in [-0.05, 0) is 19.1 Å². The van der Waals surface area contributed by atoms with Crippen molar-refractivity contribution in [2.75, 3.05) is 12.4 Å². The summed E-state index contributed by atoms with van der Waals surface area (Å²) in [5.74, 6) is 0.0944. The van der Waals surface area contributed by atoms with Crippen molar-refractivity contribution in [1.29, 1.82) is 0 Å². The number of aryl methyl sites for hydroxylation is 1. The Morgan fingerprint density at radius 1 is 1.38 bits per heavy atom. The van der Waals surface area contributed by atoms with Crippen molar-refractivity contribution in [2.24, 2.45) is 0 Å². The number of aromatic nitrogens is 3. The normalized spacial score (nSPS) is 10.6. The van der Waals surface area contributed by atoms with E-state index < -0.39 is 10.8 Å². The van der Waals surface area contributed by atoms with E-state index in [1.807, 2.05) is 0 Å². The molecule has 0 bridgehead atoms. The predicted molar refractivity (Wildman–Crippen MR) is 85.3 cm³/mol. The molecule has 2 heterocycles. The van der Waals surface area contributed by atoms with Gasteiger partial charge >= 0.3 is 5.69 Å². The van der Waals surface area contributed by atoms with E-state index in [9.17, 15) is 14.9 Å². The van der Waals surface area contributed by atoms with Gasteiger partial charge in [-0.3, -0.25) is 14.9 Å². The van der Waals surface area contributed by atoms with Crippen LogP contribution >= 0.6 is 0 Å². The molecule has 0 spiro atoms. The average molecular weight is 327 g/mol. The van der Waals surface area contributed by atoms with Crippen LogP contribution < -0.4 is 10.1 Å². The summed E-state index contributed by atoms with van der Waals surface area (Å²) in [5, 5.41) is 17.7. The Bertz CT molecular complexity index is 950. The number of benzene rings is 1. The molecule has 3 aromatic rings. The summed E-state index contributed by atoms with van der Waals surface area (Å²) in [5.41, 5.74) is 1.20. The van der Waals surface area contributed by atoms with Gasteiger partial charge in [0.05, 0.1) is 23.4 Å². The van der Waals surface area contributed by atoms with Crippen molar-refractivity contribution in [3.05, 3.63) is 58.0 Å². The number of hydrogen-bond acceptors (Lipinski definition) is 6. The van der Waals surface area contributed by atoms with Crippen LogP contribution in [0.4, 0.5) is 11.4 Å². The third-order valence-electron chi connectivity index (χ3n) is 3.43. The van der Waals surface area contributed by atoms with Gasteiger partial charge in [-0.15, -0.1) is 0 Å². The Labute approximate surface area is 136 Å². The van der Waals surface area contributed by atoms with Crippen molar-refractivity contribution in [3.8, 4) is 5.75 Å². The minimum Gasteiger partial charge on any atom is -0.495 e. The van der Waals surface area contributed by atoms with Gasteiger partial charge in [0.1, 0.15) is 23.7 Å². The maximum Gasteiger partial charge on any atom is 0.305 e. The number of carbonyl (C=O) groups excluding carboxylic acids is 1. The minimum atomic E-state index is -0.571. The van der Waals surface area contributed by atoms with E-state index in [4.69, 9.17) is 4.74 Å². The number of anilines is 1. The summed E-state index contributed by atoms with van der Waals surface area (Å²) in [6.07, 6.45) is 2.31. The highest BCUT2D eigenvalue weighted by Gasteiger charge is 2.21. The van der Waals surface area contributed by atoms with E-state index in [0.29, 0.717) is 17.1 Å². The number of rotatable bonds is 4. The Kier molecular flexibility index (Phi) is 3.82. The number of fused-ring (bicyclic) bond motifs is 1. The highest BCUT2D eigenvalue weighted by molar-refractivity contribution is 6.09. The quantitative estimate of drug-likeness (QED) is 0.581. The highest BCUT2D eigenvalue weighted by Crippen LogP contribution is 2.25. The molecule has 0 aliphatic rings. The molecule has 0 aliphatic carbocycles. The van der Waals surface area contributed by atoms with Crippen LogP contribution in [0, 0.1) is 17.0 Å². The van der Waals surface area contributed by atoms with Gasteiger partial charge in [-0.25, -0.2) is 9.50 Å². The number of hydrogen-bond donors (Lipinski definition) is 1. The second-order valence-electron chi connectivity index (χ2n) is 4.95. The number of nitrogens with one attached hydrogen (secondary N) is 1. The molecule has 2 aromatic heterocycles. The Hall–Kier alpha value is -3.49. The largest absolute Gasteiger partial charge is 0.495 e. The summed E-state index contributed by atoms with van der Waals surface area (Å²) < 4.78 is 6.42. The SMILES string of the molecule is COc1ccccc1NC(=O)c1c(C)nn2cc([N+](=O)[O-])cnc12. The van der Waals surface area contributed by atoms with Crippen molar-refractivity contribution in [1.82, 2.24) is 14.6 Å². The number of nitro groups is 1. The van der Waals surface area contributed by atoms with Crippen LogP contribution in [0.1, 0.15) is 16.1 Å². The van der Waals surface area contributed by atoms with Crippen LogP contribution in [-0.2, 0) is 0 Å². The summed E-state index contributed by atoms with van der Waals surface area (Å²) in [6.45, 7) is 1.64. The van der Waals surface area contributed by atoms with Gasteiger partial charge in [0.25, 0.3) is 5.91 Å². The second-order valence-corrected chi connectivity index (χ2v) is 4.95. The van der Waals surface area contributed by atoms with E-state index in [2.05, 4.69) is 15.4 Å². The monoisotopic (exact) mass is 327 g/mol. The van der Waals surface area contributed by atoms with Gasteiger partial charge in [-0.2, -0.15) is 5.10 Å². The summed E-state index contributed by atoms with van der Waals surface area (Å²) in [4.78, 5) is 26.8. The third kappa shape index (κ3) is 2.62. The van der Waals surface area contributed by atoms with E-state index in [1.165, 1.54) is 17.8 Å². The number of nitrogens with zero attached hydrogens (tertiary/aromatic N) is 4. The first-order chi connectivity index (χ1) is 11.5. The number of amides is 1. The Balaban J connectivity index is 2.01. The first-order valence-electron chi connectivity index (χ1n) is 6.95. The first kappa shape index (κ1) is 15.4. The summed E-state index contributed by atoms with van der Waals surface area (Å²) >= 11 is 0. The Morgan fingerprint density at radius 3 is 2.83 bits per heavy atom. The molecule has 1 amide bonds. The van der Waals surface area contributed by atoms with Crippen LogP contribution in [-0.4, -0.2) is 32.5 Å². The van der Waals surface area contributed by atoms with Crippen LogP contribution in [0.3, 0.4) is 0 Å². The molecule has 0 atom stereocenters. The Morgan fingerprint density at radius 2 is 2.12 bits per heavy atom. The summed E-state index contributed by atoms with van der Waals surface area (Å²) in [6, 6.07) is 6.98. The molecule has 9 nitrogen and oxygen atoms in total. The molecular formula is C15H13N5O4. The molecule has 122 valence electrons. The van der Waals surface area contributed by atoms with Gasteiger partial charge in [0.2, 0.25) is 0 Å². The molecule has 0 saturated carbocycles. The zero-order valence-corrected chi connectivity index (χ0v) is 12.9. The van der Waals surface area contributed by atoms with Crippen molar-refractivity contribution < 1.29 is 14.5 Å². The second kappa shape index (κ2) is 5.95. The maximum atomic E-state index is 12.6. The lowest BCUT2D eigenvalue weighted by atomic mass is 10.2. The highest BCUT2D eigenvalue weighted by atomic mass is 16.6. The van der Waals surface area contributed by atoms with Gasteiger partial charge < -0.3 is 10.1 Å². The van der Waals surface area contributed by atoms with Crippen molar-refractivity contribution in [2.45, 2.75) is 6.92 Å². The molecule has 0 radical (unpaired) electrons. The van der Waals surface area contributed by atoms with E-state index >= 15 is 0 Å². The van der Waals surface area contributed by atoms with Gasteiger partial charge in [0, 0.05) is 0 Å². The number of carbonyl (C=O) groups is 1. The lowest BCUT2D eigenvalue weighted by molar-refractivity contribution is -0.385. The molecule has 0 fully saturated rings. The lowest BCUT2D eigenvalue weighted by Gasteiger charge is -2.09. The first-order valence-corrected chi connectivity index (χ1v) is 6.95. The van der Waals surface area contributed by atoms with Crippen LogP contribution in [0.5, 0.6) is 5.75 Å². The topological polar surface area (TPSA) is 112 Å². The summed E-state index contributed by atoms with van der Waals surface area (Å²) in [7, 11) is 1.51. The van der Waals surface area contributed by atoms with Crippen LogP contribution in [0.25, 0.3) is 5.65 Å². The third-order valence-corrected chi connectivity index (χ3v) is 3.43. The van der Waals surface area contributed by atoms with Crippen LogP contribution in [0.15, 0.2) is 36.7 Å². The standard InChI is InChI=1S/C15H13N5O4/c1-9-13(14-16-7-10(20(22)23)8-19(14)18-9)15(21)17-11-5-3-4-6-12(11)24-2/h3-8H,1-2H3,(H,17,21). The van der Waals surface area contributed by atoms with E-state index in [0.717, 1.165) is 6.20 Å². The zero-order valence-electron chi connectivity index (χ0n) is 12.9. The fraction of sp³-hybridized carbons (Fsp3) is 0.133. The fourth-order valence-corrected chi connectivity index (χ4v) is 2.33. The number of para-hydroxylation sites is 2. The molecule has 1 aromatic carbocycles. The fourth-order valence-electron chi connectivity index (χ4n) is 2.33.